The summed E-state index contributed by atoms with van der Waals surface area (Å²) in [7, 11) is 0. The smallest absolute Gasteiger partial charge is 0.305 e. The van der Waals surface area contributed by atoms with Crippen LogP contribution in [0.1, 0.15) is 17.5 Å². The van der Waals surface area contributed by atoms with Gasteiger partial charge in [-0.05, 0) is 24.6 Å². The number of aryl methyl sites for hydroxylation is 1. The highest BCUT2D eigenvalue weighted by molar-refractivity contribution is 9.10. The molecule has 8 heteroatoms. The van der Waals surface area contributed by atoms with E-state index < -0.39 is 5.97 Å². The number of oxazole rings is 1. The first-order valence-corrected chi connectivity index (χ1v) is 8.17. The summed E-state index contributed by atoms with van der Waals surface area (Å²) in [5, 5.41) is 26.5. The van der Waals surface area contributed by atoms with E-state index in [1.165, 1.54) is 10.8 Å². The van der Waals surface area contributed by atoms with Crippen LogP contribution in [0.3, 0.4) is 0 Å². The van der Waals surface area contributed by atoms with Gasteiger partial charge in [0.05, 0.1) is 6.42 Å². The van der Waals surface area contributed by atoms with E-state index in [4.69, 9.17) is 14.9 Å². The second kappa shape index (κ2) is 6.53. The van der Waals surface area contributed by atoms with Gasteiger partial charge in [0.1, 0.15) is 11.6 Å². The van der Waals surface area contributed by atoms with Gasteiger partial charge in [0, 0.05) is 22.8 Å². The van der Waals surface area contributed by atoms with Gasteiger partial charge in [-0.15, -0.1) is 0 Å². The molecule has 0 bridgehead atoms. The van der Waals surface area contributed by atoms with Crippen molar-refractivity contribution in [1.29, 1.82) is 10.7 Å². The number of pyridine rings is 1. The zero-order valence-corrected chi connectivity index (χ0v) is 14.8. The van der Waals surface area contributed by atoms with Crippen LogP contribution >= 0.6 is 15.9 Å². The number of nitrogens with one attached hydrogen (secondary N) is 1. The van der Waals surface area contributed by atoms with Crippen molar-refractivity contribution < 1.29 is 14.3 Å². The maximum Gasteiger partial charge on any atom is 0.305 e. The zero-order valence-electron chi connectivity index (χ0n) is 13.2. The fraction of sp³-hybridized carbons (Fsp3) is 0.176. The van der Waals surface area contributed by atoms with E-state index in [9.17, 15) is 10.1 Å². The molecule has 0 radical (unpaired) electrons. The normalized spacial score (nSPS) is 10.8. The fourth-order valence-corrected chi connectivity index (χ4v) is 2.87. The molecule has 0 saturated carbocycles. The van der Waals surface area contributed by atoms with E-state index in [0.717, 1.165) is 15.6 Å². The molecule has 2 heterocycles. The minimum absolute atomic E-state index is 0.0119. The number of hydrogen-bond acceptors (Lipinski definition) is 5. The maximum absolute atomic E-state index is 10.8. The number of carboxylic acids is 1. The van der Waals surface area contributed by atoms with E-state index >= 15 is 0 Å². The van der Waals surface area contributed by atoms with Crippen molar-refractivity contribution in [2.75, 3.05) is 0 Å². The van der Waals surface area contributed by atoms with Crippen LogP contribution in [-0.4, -0.2) is 20.6 Å². The Bertz CT molecular complexity index is 1090. The first-order valence-electron chi connectivity index (χ1n) is 7.38. The van der Waals surface area contributed by atoms with Gasteiger partial charge < -0.3 is 14.1 Å². The van der Waals surface area contributed by atoms with E-state index in [1.807, 2.05) is 31.2 Å². The molecule has 0 aliphatic rings. The summed E-state index contributed by atoms with van der Waals surface area (Å²) >= 11 is 3.46. The van der Waals surface area contributed by atoms with E-state index in [-0.39, 0.29) is 35.1 Å². The summed E-state index contributed by atoms with van der Waals surface area (Å²) in [5.74, 6) is -0.661. The largest absolute Gasteiger partial charge is 0.481 e. The molecule has 126 valence electrons. The summed E-state index contributed by atoms with van der Waals surface area (Å²) in [4.78, 5) is 15.2. The minimum atomic E-state index is -0.976. The van der Waals surface area contributed by atoms with Gasteiger partial charge >= 0.3 is 5.97 Å². The Balaban J connectivity index is 2.21. The van der Waals surface area contributed by atoms with Crippen molar-refractivity contribution in [3.05, 3.63) is 45.5 Å². The average molecular weight is 401 g/mol. The SMILES string of the molecule is Cc1c(Br)cccc1-c1nc2c(=N)n(CCC(=O)O)cc(C#N)c2o1. The van der Waals surface area contributed by atoms with Crippen LogP contribution in [0.2, 0.25) is 0 Å². The Morgan fingerprint density at radius 2 is 2.28 bits per heavy atom. The van der Waals surface area contributed by atoms with Crippen molar-refractivity contribution in [2.45, 2.75) is 19.9 Å². The number of carboxylic acid groups (broad SMARTS) is 1. The third-order valence-electron chi connectivity index (χ3n) is 3.85. The molecule has 3 rings (SSSR count). The summed E-state index contributed by atoms with van der Waals surface area (Å²) in [6, 6.07) is 7.62. The highest BCUT2D eigenvalue weighted by Crippen LogP contribution is 2.30. The van der Waals surface area contributed by atoms with Crippen LogP contribution in [0.4, 0.5) is 0 Å². The molecular formula is C17H13BrN4O3. The quantitative estimate of drug-likeness (QED) is 0.697. The number of nitriles is 1. The summed E-state index contributed by atoms with van der Waals surface area (Å²) in [6.07, 6.45) is 1.28. The van der Waals surface area contributed by atoms with Gasteiger partial charge in [-0.3, -0.25) is 10.2 Å². The predicted molar refractivity (Wildman–Crippen MR) is 92.7 cm³/mol. The molecule has 3 aromatic rings. The maximum atomic E-state index is 10.8. The lowest BCUT2D eigenvalue weighted by Crippen LogP contribution is -2.22. The fourth-order valence-electron chi connectivity index (χ4n) is 2.50. The zero-order chi connectivity index (χ0) is 18.1. The lowest BCUT2D eigenvalue weighted by Gasteiger charge is -2.05. The average Bonchev–Trinajstić information content (AvgIpc) is 3.02. The van der Waals surface area contributed by atoms with Crippen LogP contribution in [0.15, 0.2) is 33.3 Å². The van der Waals surface area contributed by atoms with Crippen LogP contribution in [-0.2, 0) is 11.3 Å². The molecule has 7 nitrogen and oxygen atoms in total. The molecule has 0 fully saturated rings. The third-order valence-corrected chi connectivity index (χ3v) is 4.71. The molecule has 1 aromatic carbocycles. The number of halogens is 1. The second-order valence-corrected chi connectivity index (χ2v) is 6.30. The molecule has 2 aromatic heterocycles. The predicted octanol–water partition coefficient (Wildman–Crippen LogP) is 3.19. The van der Waals surface area contributed by atoms with E-state index in [2.05, 4.69) is 20.9 Å². The number of rotatable bonds is 4. The monoisotopic (exact) mass is 400 g/mol. The van der Waals surface area contributed by atoms with Gasteiger partial charge in [-0.25, -0.2) is 4.98 Å². The summed E-state index contributed by atoms with van der Waals surface area (Å²) < 4.78 is 8.07. The Morgan fingerprint density at radius 3 is 2.96 bits per heavy atom. The molecule has 0 saturated heterocycles. The molecule has 25 heavy (non-hydrogen) atoms. The molecule has 2 N–H and O–H groups in total. The van der Waals surface area contributed by atoms with Gasteiger partial charge in [0.25, 0.3) is 0 Å². The van der Waals surface area contributed by atoms with Gasteiger partial charge in [-0.2, -0.15) is 5.26 Å². The van der Waals surface area contributed by atoms with Crippen LogP contribution in [0.5, 0.6) is 0 Å². The van der Waals surface area contributed by atoms with Gasteiger partial charge in [-0.1, -0.05) is 22.0 Å². The number of hydrogen-bond donors (Lipinski definition) is 2. The minimum Gasteiger partial charge on any atom is -0.481 e. The van der Waals surface area contributed by atoms with E-state index in [1.54, 1.807) is 0 Å². The Kier molecular flexibility index (Phi) is 4.42. The third kappa shape index (κ3) is 3.06. The molecule has 0 aliphatic carbocycles. The van der Waals surface area contributed by atoms with Crippen molar-refractivity contribution in [2.24, 2.45) is 0 Å². The molecule has 0 aliphatic heterocycles. The number of fused-ring (bicyclic) bond motifs is 1. The lowest BCUT2D eigenvalue weighted by molar-refractivity contribution is -0.137. The second-order valence-electron chi connectivity index (χ2n) is 5.45. The van der Waals surface area contributed by atoms with Crippen molar-refractivity contribution in [1.82, 2.24) is 9.55 Å². The lowest BCUT2D eigenvalue weighted by atomic mass is 10.1. The van der Waals surface area contributed by atoms with Crippen molar-refractivity contribution in [3.8, 4) is 17.5 Å². The first-order chi connectivity index (χ1) is 11.9. The Labute approximate surface area is 150 Å². The first kappa shape index (κ1) is 16.9. The molecule has 0 atom stereocenters. The number of nitrogens with zero attached hydrogens (tertiary/aromatic N) is 3. The molecule has 0 unspecified atom stereocenters. The topological polar surface area (TPSA) is 116 Å². The number of aliphatic carboxylic acids is 1. The summed E-state index contributed by atoms with van der Waals surface area (Å²) in [5.41, 5.74) is 2.37. The van der Waals surface area contributed by atoms with Gasteiger partial charge in [0.15, 0.2) is 16.6 Å². The molecular weight excluding hydrogens is 388 g/mol. The summed E-state index contributed by atoms with van der Waals surface area (Å²) in [6.45, 7) is 1.99. The van der Waals surface area contributed by atoms with Crippen LogP contribution < -0.4 is 5.49 Å². The van der Waals surface area contributed by atoms with Crippen LogP contribution in [0, 0.1) is 23.7 Å². The molecule has 0 amide bonds. The molecule has 0 spiro atoms. The van der Waals surface area contributed by atoms with Gasteiger partial charge in [0.2, 0.25) is 5.89 Å². The number of benzene rings is 1. The highest BCUT2D eigenvalue weighted by Gasteiger charge is 2.17. The number of carbonyl (C=O) groups is 1. The van der Waals surface area contributed by atoms with Crippen molar-refractivity contribution >= 4 is 33.0 Å². The standard InChI is InChI=1S/C17H13BrN4O3/c1-9-11(3-2-4-12(9)18)17-21-14-15(25-17)10(7-19)8-22(16(14)20)6-5-13(23)24/h2-4,8,20H,5-6H2,1H3,(H,23,24). The van der Waals surface area contributed by atoms with Crippen molar-refractivity contribution in [3.63, 3.8) is 0 Å². The van der Waals surface area contributed by atoms with Crippen LogP contribution in [0.25, 0.3) is 22.6 Å². The van der Waals surface area contributed by atoms with E-state index in [0.29, 0.717) is 5.89 Å². The Morgan fingerprint density at radius 1 is 1.52 bits per heavy atom. The number of aromatic nitrogens is 2. The Hall–Kier alpha value is -2.92. The highest BCUT2D eigenvalue weighted by atomic mass is 79.9.